The van der Waals surface area contributed by atoms with Crippen molar-refractivity contribution in [2.45, 2.75) is 25.4 Å². The van der Waals surface area contributed by atoms with Crippen molar-refractivity contribution >= 4 is 6.41 Å². The molecule has 0 fully saturated rings. The second-order valence-corrected chi connectivity index (χ2v) is 2.58. The molecule has 0 aliphatic rings. The molecule has 0 aromatic carbocycles. The van der Waals surface area contributed by atoms with E-state index in [2.05, 4.69) is 5.32 Å². The minimum Gasteiger partial charge on any atom is -0.394 e. The zero-order chi connectivity index (χ0) is 10.3. The van der Waals surface area contributed by atoms with Crippen LogP contribution in [0, 0.1) is 0 Å². The van der Waals surface area contributed by atoms with Gasteiger partial charge in [-0.2, -0.15) is 0 Å². The number of ether oxygens (including phenoxy) is 1. The summed E-state index contributed by atoms with van der Waals surface area (Å²) in [7, 11) is 0. The molecule has 0 aromatic rings. The van der Waals surface area contributed by atoms with Crippen molar-refractivity contribution in [3.63, 3.8) is 0 Å². The summed E-state index contributed by atoms with van der Waals surface area (Å²) in [6.45, 7) is 0.962. The highest BCUT2D eigenvalue weighted by Gasteiger charge is 2.18. The minimum absolute atomic E-state index is 0.0767. The maximum Gasteiger partial charge on any atom is 0.207 e. The summed E-state index contributed by atoms with van der Waals surface area (Å²) < 4.78 is 4.80. The lowest BCUT2D eigenvalue weighted by atomic mass is 10.2. The number of nitrogens with one attached hydrogen (secondary N) is 1. The van der Waals surface area contributed by atoms with Crippen molar-refractivity contribution < 1.29 is 24.9 Å². The molecule has 13 heavy (non-hydrogen) atoms. The molecule has 3 unspecified atom stereocenters. The van der Waals surface area contributed by atoms with Crippen LogP contribution in [-0.2, 0) is 9.53 Å². The molecule has 0 aliphatic carbocycles. The summed E-state index contributed by atoms with van der Waals surface area (Å²) >= 11 is 0. The van der Waals surface area contributed by atoms with Gasteiger partial charge in [0.05, 0.1) is 19.3 Å². The lowest BCUT2D eigenvalue weighted by molar-refractivity contribution is -0.170. The number of aliphatic hydroxyl groups is 3. The summed E-state index contributed by atoms with van der Waals surface area (Å²) in [5, 5.41) is 28.9. The SMILES string of the molecule is CC(O)C(CO)OC(O)CNC=O. The van der Waals surface area contributed by atoms with E-state index >= 15 is 0 Å². The molecule has 78 valence electrons. The van der Waals surface area contributed by atoms with Gasteiger partial charge in [-0.05, 0) is 6.92 Å². The lowest BCUT2D eigenvalue weighted by Crippen LogP contribution is -2.38. The molecule has 0 radical (unpaired) electrons. The third-order valence-corrected chi connectivity index (χ3v) is 1.43. The monoisotopic (exact) mass is 193 g/mol. The summed E-state index contributed by atoms with van der Waals surface area (Å²) in [4.78, 5) is 9.82. The van der Waals surface area contributed by atoms with E-state index in [1.54, 1.807) is 0 Å². The molecular weight excluding hydrogens is 178 g/mol. The second-order valence-electron chi connectivity index (χ2n) is 2.58. The van der Waals surface area contributed by atoms with Crippen LogP contribution in [-0.4, -0.2) is 53.4 Å². The van der Waals surface area contributed by atoms with E-state index in [-0.39, 0.29) is 6.54 Å². The Kier molecular flexibility index (Phi) is 6.43. The van der Waals surface area contributed by atoms with E-state index < -0.39 is 25.1 Å². The van der Waals surface area contributed by atoms with E-state index in [4.69, 9.17) is 20.1 Å². The first-order valence-electron chi connectivity index (χ1n) is 3.91. The molecule has 0 aromatic heterocycles. The molecular formula is C7H15NO5. The third-order valence-electron chi connectivity index (χ3n) is 1.43. The van der Waals surface area contributed by atoms with Gasteiger partial charge in [-0.25, -0.2) is 0 Å². The molecule has 0 saturated carbocycles. The number of carbonyl (C=O) groups excluding carboxylic acids is 1. The summed E-state index contributed by atoms with van der Waals surface area (Å²) in [5.74, 6) is 0. The number of amides is 1. The van der Waals surface area contributed by atoms with Crippen molar-refractivity contribution in [3.8, 4) is 0 Å². The maximum atomic E-state index is 9.82. The predicted octanol–water partition coefficient (Wildman–Crippen LogP) is -2.19. The van der Waals surface area contributed by atoms with Crippen LogP contribution in [0.15, 0.2) is 0 Å². The van der Waals surface area contributed by atoms with Gasteiger partial charge in [-0.3, -0.25) is 4.79 Å². The van der Waals surface area contributed by atoms with Crippen LogP contribution in [0.3, 0.4) is 0 Å². The Hall–Kier alpha value is -0.690. The molecule has 6 heteroatoms. The number of carbonyl (C=O) groups is 1. The van der Waals surface area contributed by atoms with Gasteiger partial charge in [0.2, 0.25) is 6.41 Å². The molecule has 1 amide bonds. The van der Waals surface area contributed by atoms with Crippen LogP contribution in [0.5, 0.6) is 0 Å². The first-order chi connectivity index (χ1) is 6.11. The Morgan fingerprint density at radius 1 is 1.54 bits per heavy atom. The van der Waals surface area contributed by atoms with Crippen molar-refractivity contribution in [1.29, 1.82) is 0 Å². The molecule has 0 heterocycles. The van der Waals surface area contributed by atoms with Gasteiger partial charge in [-0.15, -0.1) is 0 Å². The Morgan fingerprint density at radius 2 is 2.15 bits per heavy atom. The van der Waals surface area contributed by atoms with Gasteiger partial charge in [-0.1, -0.05) is 0 Å². The fourth-order valence-corrected chi connectivity index (χ4v) is 0.708. The quantitative estimate of drug-likeness (QED) is 0.272. The van der Waals surface area contributed by atoms with Crippen molar-refractivity contribution in [1.82, 2.24) is 5.32 Å². The fraction of sp³-hybridized carbons (Fsp3) is 0.857. The van der Waals surface area contributed by atoms with Gasteiger partial charge < -0.3 is 25.4 Å². The average molecular weight is 193 g/mol. The predicted molar refractivity (Wildman–Crippen MR) is 43.7 cm³/mol. The smallest absolute Gasteiger partial charge is 0.207 e. The van der Waals surface area contributed by atoms with Gasteiger partial charge in [0.25, 0.3) is 0 Å². The van der Waals surface area contributed by atoms with Gasteiger partial charge >= 0.3 is 0 Å². The van der Waals surface area contributed by atoms with Crippen LogP contribution in [0.1, 0.15) is 6.92 Å². The molecule has 0 aliphatic heterocycles. The first kappa shape index (κ1) is 12.3. The third kappa shape index (κ3) is 5.53. The van der Waals surface area contributed by atoms with Crippen LogP contribution < -0.4 is 5.32 Å². The molecule has 0 bridgehead atoms. The van der Waals surface area contributed by atoms with Gasteiger partial charge in [0, 0.05) is 0 Å². The highest BCUT2D eigenvalue weighted by molar-refractivity contribution is 5.45. The van der Waals surface area contributed by atoms with Crippen LogP contribution in [0.2, 0.25) is 0 Å². The van der Waals surface area contributed by atoms with E-state index in [9.17, 15) is 4.79 Å². The normalized spacial score (nSPS) is 17.5. The molecule has 0 saturated heterocycles. The highest BCUT2D eigenvalue weighted by Crippen LogP contribution is 2.00. The largest absolute Gasteiger partial charge is 0.394 e. The van der Waals surface area contributed by atoms with Crippen molar-refractivity contribution in [2.75, 3.05) is 13.2 Å². The summed E-state index contributed by atoms with van der Waals surface area (Å²) in [6.07, 6.45) is -2.53. The zero-order valence-corrected chi connectivity index (χ0v) is 7.38. The lowest BCUT2D eigenvalue weighted by Gasteiger charge is -2.21. The number of rotatable bonds is 7. The number of hydrogen-bond donors (Lipinski definition) is 4. The molecule has 4 N–H and O–H groups in total. The maximum absolute atomic E-state index is 9.82. The Bertz CT molecular complexity index is 141. The molecule has 0 spiro atoms. The van der Waals surface area contributed by atoms with Crippen LogP contribution in [0.4, 0.5) is 0 Å². The van der Waals surface area contributed by atoms with E-state index in [0.29, 0.717) is 6.41 Å². The molecule has 0 rings (SSSR count). The number of aliphatic hydroxyl groups excluding tert-OH is 3. The van der Waals surface area contributed by atoms with Crippen molar-refractivity contribution in [2.24, 2.45) is 0 Å². The Labute approximate surface area is 76.1 Å². The second kappa shape index (κ2) is 6.79. The van der Waals surface area contributed by atoms with Crippen molar-refractivity contribution in [3.05, 3.63) is 0 Å². The summed E-state index contributed by atoms with van der Waals surface area (Å²) in [6, 6.07) is 0. The van der Waals surface area contributed by atoms with Crippen LogP contribution >= 0.6 is 0 Å². The fourth-order valence-electron chi connectivity index (χ4n) is 0.708. The Balaban J connectivity index is 3.72. The molecule has 6 nitrogen and oxygen atoms in total. The standard InChI is InChI=1S/C7H15NO5/c1-5(11)6(3-9)13-7(12)2-8-4-10/h4-7,9,11-12H,2-3H2,1H3,(H,8,10). The van der Waals surface area contributed by atoms with Crippen LogP contribution in [0.25, 0.3) is 0 Å². The van der Waals surface area contributed by atoms with E-state index in [1.807, 2.05) is 0 Å². The zero-order valence-electron chi connectivity index (χ0n) is 7.38. The first-order valence-corrected chi connectivity index (χ1v) is 3.91. The summed E-state index contributed by atoms with van der Waals surface area (Å²) in [5.41, 5.74) is 0. The van der Waals surface area contributed by atoms with Gasteiger partial charge in [0.15, 0.2) is 6.29 Å². The topological polar surface area (TPSA) is 99.0 Å². The minimum atomic E-state index is -1.23. The highest BCUT2D eigenvalue weighted by atomic mass is 16.6. The number of hydrogen-bond acceptors (Lipinski definition) is 5. The molecule has 3 atom stereocenters. The van der Waals surface area contributed by atoms with Gasteiger partial charge in [0.1, 0.15) is 6.10 Å². The average Bonchev–Trinajstić information content (AvgIpc) is 2.10. The van der Waals surface area contributed by atoms with E-state index in [1.165, 1.54) is 6.92 Å². The van der Waals surface area contributed by atoms with E-state index in [0.717, 1.165) is 0 Å². The Morgan fingerprint density at radius 3 is 2.54 bits per heavy atom.